The second-order valence-electron chi connectivity index (χ2n) is 4.45. The first-order valence-electron chi connectivity index (χ1n) is 5.27. The topological polar surface area (TPSA) is 84.6 Å². The second-order valence-corrected chi connectivity index (χ2v) is 4.45. The Balaban J connectivity index is 2.82. The number of rotatable bonds is 4. The van der Waals surface area contributed by atoms with E-state index in [1.807, 2.05) is 0 Å². The van der Waals surface area contributed by atoms with Crippen molar-refractivity contribution in [3.05, 3.63) is 23.8 Å². The molecule has 0 spiro atoms. The molecule has 0 unspecified atom stereocenters. The van der Waals surface area contributed by atoms with Gasteiger partial charge in [0.25, 0.3) is 5.91 Å². The fourth-order valence-electron chi connectivity index (χ4n) is 1.29. The highest BCUT2D eigenvalue weighted by Gasteiger charge is 2.17. The summed E-state index contributed by atoms with van der Waals surface area (Å²) >= 11 is 0. The number of nitrogens with one attached hydrogen (secondary N) is 1. The summed E-state index contributed by atoms with van der Waals surface area (Å²) in [7, 11) is 1.47. The molecule has 5 nitrogen and oxygen atoms in total. The van der Waals surface area contributed by atoms with E-state index in [0.717, 1.165) is 0 Å². The summed E-state index contributed by atoms with van der Waals surface area (Å²) in [5.74, 6) is 0.113. The number of hydrogen-bond acceptors (Lipinski definition) is 4. The van der Waals surface area contributed by atoms with Crippen LogP contribution in [0.4, 0.5) is 5.69 Å². The molecule has 0 aromatic heterocycles. The fourth-order valence-corrected chi connectivity index (χ4v) is 1.29. The Morgan fingerprint density at radius 3 is 2.71 bits per heavy atom. The number of ether oxygens (including phenoxy) is 1. The molecule has 0 atom stereocenters. The van der Waals surface area contributed by atoms with Crippen LogP contribution in [0.1, 0.15) is 24.2 Å². The summed E-state index contributed by atoms with van der Waals surface area (Å²) < 4.78 is 5.08. The van der Waals surface area contributed by atoms with E-state index in [4.69, 9.17) is 10.5 Å². The lowest BCUT2D eigenvalue weighted by Crippen LogP contribution is -2.38. The van der Waals surface area contributed by atoms with E-state index in [1.54, 1.807) is 32.0 Å². The molecule has 0 radical (unpaired) electrons. The monoisotopic (exact) mass is 238 g/mol. The maximum atomic E-state index is 11.8. The number of hydrogen-bond donors (Lipinski definition) is 3. The molecule has 0 aliphatic carbocycles. The third-order valence-corrected chi connectivity index (χ3v) is 2.15. The number of anilines is 1. The molecular formula is C12H18N2O3. The number of carbonyl (C=O) groups is 1. The number of nitrogens with two attached hydrogens (primary N) is 1. The van der Waals surface area contributed by atoms with E-state index >= 15 is 0 Å². The van der Waals surface area contributed by atoms with Crippen molar-refractivity contribution in [3.63, 3.8) is 0 Å². The molecule has 0 saturated heterocycles. The van der Waals surface area contributed by atoms with Crippen LogP contribution in [0.3, 0.4) is 0 Å². The van der Waals surface area contributed by atoms with Gasteiger partial charge in [-0.05, 0) is 26.0 Å². The Morgan fingerprint density at radius 2 is 2.18 bits per heavy atom. The molecule has 0 bridgehead atoms. The molecule has 1 aromatic carbocycles. The molecule has 1 aromatic rings. The number of methoxy groups -OCH3 is 1. The van der Waals surface area contributed by atoms with Gasteiger partial charge in [0, 0.05) is 18.3 Å². The van der Waals surface area contributed by atoms with Gasteiger partial charge in [0.1, 0.15) is 5.75 Å². The summed E-state index contributed by atoms with van der Waals surface area (Å²) in [5.41, 5.74) is 5.57. The Hall–Kier alpha value is -1.75. The SMILES string of the molecule is COc1cc(N)ccc1C(=O)NCC(C)(C)O. The number of nitrogen functional groups attached to an aromatic ring is 1. The van der Waals surface area contributed by atoms with Gasteiger partial charge in [0.15, 0.2) is 0 Å². The zero-order valence-electron chi connectivity index (χ0n) is 10.3. The molecule has 1 rings (SSSR count). The zero-order chi connectivity index (χ0) is 13.1. The van der Waals surface area contributed by atoms with E-state index in [2.05, 4.69) is 5.32 Å². The highest BCUT2D eigenvalue weighted by molar-refractivity contribution is 5.97. The van der Waals surface area contributed by atoms with Gasteiger partial charge in [0.2, 0.25) is 0 Å². The van der Waals surface area contributed by atoms with Crippen LogP contribution in [0, 0.1) is 0 Å². The summed E-state index contributed by atoms with van der Waals surface area (Å²) in [6, 6.07) is 4.80. The van der Waals surface area contributed by atoms with E-state index < -0.39 is 5.60 Å². The maximum Gasteiger partial charge on any atom is 0.255 e. The van der Waals surface area contributed by atoms with E-state index in [1.165, 1.54) is 7.11 Å². The van der Waals surface area contributed by atoms with Crippen molar-refractivity contribution in [1.29, 1.82) is 0 Å². The maximum absolute atomic E-state index is 11.8. The van der Waals surface area contributed by atoms with Crippen molar-refractivity contribution in [2.45, 2.75) is 19.4 Å². The highest BCUT2D eigenvalue weighted by Crippen LogP contribution is 2.21. The lowest BCUT2D eigenvalue weighted by Gasteiger charge is -2.18. The Labute approximate surface area is 101 Å². The van der Waals surface area contributed by atoms with Crippen molar-refractivity contribution < 1.29 is 14.6 Å². The average molecular weight is 238 g/mol. The first kappa shape index (κ1) is 13.3. The molecule has 1 amide bonds. The lowest BCUT2D eigenvalue weighted by molar-refractivity contribution is 0.0693. The molecule has 4 N–H and O–H groups in total. The fraction of sp³-hybridized carbons (Fsp3) is 0.417. The van der Waals surface area contributed by atoms with Gasteiger partial charge in [-0.2, -0.15) is 0 Å². The van der Waals surface area contributed by atoms with Crippen molar-refractivity contribution >= 4 is 11.6 Å². The van der Waals surface area contributed by atoms with E-state index in [-0.39, 0.29) is 12.5 Å². The first-order valence-corrected chi connectivity index (χ1v) is 5.27. The molecule has 94 valence electrons. The largest absolute Gasteiger partial charge is 0.496 e. The van der Waals surface area contributed by atoms with Crippen molar-refractivity contribution in [2.75, 3.05) is 19.4 Å². The molecule has 0 aliphatic heterocycles. The van der Waals surface area contributed by atoms with Crippen LogP contribution in [0.25, 0.3) is 0 Å². The number of amides is 1. The predicted octanol–water partition coefficient (Wildman–Crippen LogP) is 0.778. The van der Waals surface area contributed by atoms with Gasteiger partial charge >= 0.3 is 0 Å². The standard InChI is InChI=1S/C12H18N2O3/c1-12(2,16)7-14-11(15)9-5-4-8(13)6-10(9)17-3/h4-6,16H,7,13H2,1-3H3,(H,14,15). The van der Waals surface area contributed by atoms with E-state index in [9.17, 15) is 9.90 Å². The highest BCUT2D eigenvalue weighted by atomic mass is 16.5. The van der Waals surface area contributed by atoms with Crippen LogP contribution >= 0.6 is 0 Å². The second kappa shape index (κ2) is 5.05. The summed E-state index contributed by atoms with van der Waals surface area (Å²) in [4.78, 5) is 11.8. The molecule has 0 saturated carbocycles. The summed E-state index contributed by atoms with van der Waals surface area (Å²) in [6.07, 6.45) is 0. The average Bonchev–Trinajstić information content (AvgIpc) is 2.24. The summed E-state index contributed by atoms with van der Waals surface area (Å²) in [6.45, 7) is 3.40. The molecule has 5 heteroatoms. The van der Waals surface area contributed by atoms with Gasteiger partial charge < -0.3 is 20.9 Å². The van der Waals surface area contributed by atoms with Gasteiger partial charge in [-0.15, -0.1) is 0 Å². The minimum Gasteiger partial charge on any atom is -0.496 e. The van der Waals surface area contributed by atoms with Crippen LogP contribution in [-0.2, 0) is 0 Å². The van der Waals surface area contributed by atoms with E-state index in [0.29, 0.717) is 17.0 Å². The quantitative estimate of drug-likeness (QED) is 0.677. The molecule has 0 aliphatic rings. The van der Waals surface area contributed by atoms with Gasteiger partial charge in [-0.3, -0.25) is 4.79 Å². The van der Waals surface area contributed by atoms with Crippen molar-refractivity contribution in [3.8, 4) is 5.75 Å². The molecule has 0 fully saturated rings. The minimum absolute atomic E-state index is 0.166. The first-order chi connectivity index (χ1) is 7.83. The van der Waals surface area contributed by atoms with Crippen molar-refractivity contribution in [2.24, 2.45) is 0 Å². The zero-order valence-corrected chi connectivity index (χ0v) is 10.3. The van der Waals surface area contributed by atoms with Crippen molar-refractivity contribution in [1.82, 2.24) is 5.32 Å². The van der Waals surface area contributed by atoms with Crippen LogP contribution in [0.2, 0.25) is 0 Å². The lowest BCUT2D eigenvalue weighted by atomic mass is 10.1. The van der Waals surface area contributed by atoms with Crippen LogP contribution in [0.5, 0.6) is 5.75 Å². The van der Waals surface area contributed by atoms with Crippen LogP contribution < -0.4 is 15.8 Å². The van der Waals surface area contributed by atoms with Crippen LogP contribution in [0.15, 0.2) is 18.2 Å². The summed E-state index contributed by atoms with van der Waals surface area (Å²) in [5, 5.41) is 12.1. The predicted molar refractivity (Wildman–Crippen MR) is 66.0 cm³/mol. The number of carbonyl (C=O) groups excluding carboxylic acids is 1. The van der Waals surface area contributed by atoms with Crippen LogP contribution in [-0.4, -0.2) is 30.3 Å². The van der Waals surface area contributed by atoms with Gasteiger partial charge in [0.05, 0.1) is 18.3 Å². The number of benzene rings is 1. The Bertz CT molecular complexity index is 411. The van der Waals surface area contributed by atoms with Gasteiger partial charge in [-0.25, -0.2) is 0 Å². The third-order valence-electron chi connectivity index (χ3n) is 2.15. The van der Waals surface area contributed by atoms with Gasteiger partial charge in [-0.1, -0.05) is 0 Å². The normalized spacial score (nSPS) is 11.1. The minimum atomic E-state index is -0.948. The number of aliphatic hydroxyl groups is 1. The Morgan fingerprint density at radius 1 is 1.53 bits per heavy atom. The molecule has 0 heterocycles. The third kappa shape index (κ3) is 3.96. The molecule has 17 heavy (non-hydrogen) atoms. The Kier molecular flexibility index (Phi) is 3.96. The molecular weight excluding hydrogens is 220 g/mol. The smallest absolute Gasteiger partial charge is 0.255 e.